The highest BCUT2D eigenvalue weighted by atomic mass is 15.3. The summed E-state index contributed by atoms with van der Waals surface area (Å²) in [7, 11) is 0. The van der Waals surface area contributed by atoms with E-state index in [2.05, 4.69) is 39.3 Å². The van der Waals surface area contributed by atoms with Crippen LogP contribution in [0.1, 0.15) is 17.8 Å². The molecule has 0 bridgehead atoms. The summed E-state index contributed by atoms with van der Waals surface area (Å²) < 4.78 is 1.80. The molecule has 4 aromatic rings. The van der Waals surface area contributed by atoms with E-state index in [4.69, 9.17) is 5.73 Å². The molecule has 124 valence electrons. The van der Waals surface area contributed by atoms with Gasteiger partial charge >= 0.3 is 0 Å². The van der Waals surface area contributed by atoms with Crippen LogP contribution in [0.4, 0.5) is 5.82 Å². The van der Waals surface area contributed by atoms with Gasteiger partial charge in [0, 0.05) is 6.42 Å². The number of aromatic nitrogens is 4. The summed E-state index contributed by atoms with van der Waals surface area (Å²) in [4.78, 5) is 9.07. The zero-order chi connectivity index (χ0) is 17.1. The molecule has 2 heterocycles. The molecule has 0 saturated heterocycles. The van der Waals surface area contributed by atoms with E-state index in [1.165, 1.54) is 5.56 Å². The molecule has 0 amide bonds. The predicted octanol–water partition coefficient (Wildman–Crippen LogP) is 3.57. The maximum Gasteiger partial charge on any atom is 0.155 e. The van der Waals surface area contributed by atoms with E-state index in [1.54, 1.807) is 4.68 Å². The van der Waals surface area contributed by atoms with Crippen molar-refractivity contribution < 1.29 is 0 Å². The van der Waals surface area contributed by atoms with Crippen LogP contribution in [0.3, 0.4) is 0 Å². The second-order valence-electron chi connectivity index (χ2n) is 6.01. The normalized spacial score (nSPS) is 11.0. The topological polar surface area (TPSA) is 69.6 Å². The predicted molar refractivity (Wildman–Crippen MR) is 99.5 cm³/mol. The Morgan fingerprint density at radius 3 is 2.32 bits per heavy atom. The second-order valence-corrected chi connectivity index (χ2v) is 6.01. The number of para-hydroxylation sites is 1. The Morgan fingerprint density at radius 1 is 0.840 bits per heavy atom. The van der Waals surface area contributed by atoms with Crippen molar-refractivity contribution in [3.63, 3.8) is 0 Å². The fraction of sp³-hybridized carbons (Fsp3) is 0.150. The van der Waals surface area contributed by atoms with Crippen molar-refractivity contribution in [3.05, 3.63) is 78.2 Å². The van der Waals surface area contributed by atoms with Crippen molar-refractivity contribution in [2.45, 2.75) is 19.3 Å². The van der Waals surface area contributed by atoms with E-state index in [0.29, 0.717) is 11.3 Å². The van der Waals surface area contributed by atoms with Crippen molar-refractivity contribution in [1.82, 2.24) is 19.7 Å². The fourth-order valence-electron chi connectivity index (χ4n) is 2.91. The third kappa shape index (κ3) is 3.35. The van der Waals surface area contributed by atoms with Gasteiger partial charge in [-0.3, -0.25) is 0 Å². The average molecular weight is 329 g/mol. The number of anilines is 1. The van der Waals surface area contributed by atoms with Crippen LogP contribution < -0.4 is 5.73 Å². The monoisotopic (exact) mass is 329 g/mol. The van der Waals surface area contributed by atoms with E-state index in [9.17, 15) is 0 Å². The molecule has 0 fully saturated rings. The number of nitrogens with two attached hydrogens (primary N) is 1. The largest absolute Gasteiger partial charge is 0.382 e. The van der Waals surface area contributed by atoms with Crippen LogP contribution >= 0.6 is 0 Å². The molecule has 4 rings (SSSR count). The molecule has 0 aliphatic rings. The number of aryl methyl sites for hydroxylation is 2. The highest BCUT2D eigenvalue weighted by Crippen LogP contribution is 2.19. The summed E-state index contributed by atoms with van der Waals surface area (Å²) in [5.41, 5.74) is 9.84. The molecule has 0 saturated carbocycles. The molecule has 0 spiro atoms. The van der Waals surface area contributed by atoms with Gasteiger partial charge in [-0.1, -0.05) is 48.5 Å². The van der Waals surface area contributed by atoms with Crippen LogP contribution in [-0.2, 0) is 12.8 Å². The second kappa shape index (κ2) is 6.73. The maximum atomic E-state index is 6.10. The van der Waals surface area contributed by atoms with Gasteiger partial charge in [-0.05, 0) is 30.5 Å². The third-order valence-corrected chi connectivity index (χ3v) is 4.17. The number of hydrogen-bond donors (Lipinski definition) is 1. The lowest BCUT2D eigenvalue weighted by atomic mass is 10.1. The Labute approximate surface area is 146 Å². The molecule has 5 heteroatoms. The molecule has 2 N–H and O–H groups in total. The smallest absolute Gasteiger partial charge is 0.155 e. The summed E-state index contributed by atoms with van der Waals surface area (Å²) in [6.07, 6.45) is 4.70. The first-order chi connectivity index (χ1) is 12.3. The van der Waals surface area contributed by atoms with Crippen molar-refractivity contribution >= 4 is 16.9 Å². The Bertz CT molecular complexity index is 977. The molecule has 0 aliphatic heterocycles. The third-order valence-electron chi connectivity index (χ3n) is 4.17. The number of nitrogens with zero attached hydrogens (tertiary/aromatic N) is 4. The van der Waals surface area contributed by atoms with Crippen molar-refractivity contribution in [2.24, 2.45) is 0 Å². The molecule has 0 unspecified atom stereocenters. The van der Waals surface area contributed by atoms with E-state index in [-0.39, 0.29) is 0 Å². The van der Waals surface area contributed by atoms with Gasteiger partial charge in [-0.2, -0.15) is 5.10 Å². The minimum Gasteiger partial charge on any atom is -0.382 e. The fourth-order valence-corrected chi connectivity index (χ4v) is 2.91. The molecule has 0 atom stereocenters. The van der Waals surface area contributed by atoms with Crippen LogP contribution in [0.15, 0.2) is 66.9 Å². The molecule has 0 aliphatic carbocycles. The van der Waals surface area contributed by atoms with Gasteiger partial charge in [0.2, 0.25) is 0 Å². The van der Waals surface area contributed by atoms with E-state index in [1.807, 2.05) is 42.6 Å². The zero-order valence-electron chi connectivity index (χ0n) is 13.8. The van der Waals surface area contributed by atoms with Gasteiger partial charge in [-0.25, -0.2) is 14.6 Å². The van der Waals surface area contributed by atoms with Crippen LogP contribution in [0.2, 0.25) is 0 Å². The molecular formula is C20H19N5. The number of rotatable bonds is 5. The van der Waals surface area contributed by atoms with Crippen LogP contribution in [0, 0.1) is 0 Å². The Balaban J connectivity index is 1.55. The minimum atomic E-state index is 0.439. The van der Waals surface area contributed by atoms with Crippen LogP contribution in [-0.4, -0.2) is 19.7 Å². The number of fused-ring (bicyclic) bond motifs is 1. The van der Waals surface area contributed by atoms with E-state index in [0.717, 1.165) is 36.3 Å². The van der Waals surface area contributed by atoms with Gasteiger partial charge in [-0.15, -0.1) is 0 Å². The van der Waals surface area contributed by atoms with Gasteiger partial charge in [0.15, 0.2) is 11.3 Å². The van der Waals surface area contributed by atoms with Gasteiger partial charge < -0.3 is 5.73 Å². The highest BCUT2D eigenvalue weighted by molar-refractivity contribution is 5.83. The van der Waals surface area contributed by atoms with Crippen molar-refractivity contribution in [3.8, 4) is 5.69 Å². The number of benzene rings is 2. The Morgan fingerprint density at radius 2 is 1.56 bits per heavy atom. The molecule has 2 aromatic carbocycles. The van der Waals surface area contributed by atoms with Crippen molar-refractivity contribution in [1.29, 1.82) is 0 Å². The first-order valence-corrected chi connectivity index (χ1v) is 8.41. The van der Waals surface area contributed by atoms with Crippen molar-refractivity contribution in [2.75, 3.05) is 5.73 Å². The summed E-state index contributed by atoms with van der Waals surface area (Å²) >= 11 is 0. The lowest BCUT2D eigenvalue weighted by Crippen LogP contribution is -2.01. The molecular weight excluding hydrogens is 310 g/mol. The van der Waals surface area contributed by atoms with Crippen LogP contribution in [0.5, 0.6) is 0 Å². The first kappa shape index (κ1) is 15.3. The van der Waals surface area contributed by atoms with Crippen LogP contribution in [0.25, 0.3) is 16.7 Å². The highest BCUT2D eigenvalue weighted by Gasteiger charge is 2.10. The molecule has 2 aromatic heterocycles. The van der Waals surface area contributed by atoms with Gasteiger partial charge in [0.25, 0.3) is 0 Å². The number of nitrogen functional groups attached to an aromatic ring is 1. The van der Waals surface area contributed by atoms with Gasteiger partial charge in [0.05, 0.1) is 11.9 Å². The first-order valence-electron chi connectivity index (χ1n) is 8.41. The molecule has 25 heavy (non-hydrogen) atoms. The lowest BCUT2D eigenvalue weighted by Gasteiger charge is -2.02. The standard InChI is InChI=1S/C20H19N5/c21-20-19-17(14-25(24-19)16-11-5-2-6-12-16)22-18(23-20)13-7-10-15-8-3-1-4-9-15/h1-6,8-9,11-12,14H,7,10,13H2,(H2,21,22,23). The lowest BCUT2D eigenvalue weighted by molar-refractivity contribution is 0.777. The maximum absolute atomic E-state index is 6.10. The van der Waals surface area contributed by atoms with E-state index >= 15 is 0 Å². The SMILES string of the molecule is Nc1nc(CCCc2ccccc2)nc2cn(-c3ccccc3)nc12. The summed E-state index contributed by atoms with van der Waals surface area (Å²) in [6.45, 7) is 0. The molecule has 5 nitrogen and oxygen atoms in total. The Kier molecular flexibility index (Phi) is 4.12. The average Bonchev–Trinajstić information content (AvgIpc) is 3.08. The quantitative estimate of drug-likeness (QED) is 0.607. The Hall–Kier alpha value is -3.21. The van der Waals surface area contributed by atoms with E-state index < -0.39 is 0 Å². The summed E-state index contributed by atoms with van der Waals surface area (Å²) in [5.74, 6) is 1.21. The van der Waals surface area contributed by atoms with Gasteiger partial charge in [0.1, 0.15) is 11.3 Å². The zero-order valence-corrected chi connectivity index (χ0v) is 13.8. The number of hydrogen-bond acceptors (Lipinski definition) is 4. The minimum absolute atomic E-state index is 0.439. The molecule has 0 radical (unpaired) electrons. The summed E-state index contributed by atoms with van der Waals surface area (Å²) in [6, 6.07) is 20.4. The summed E-state index contributed by atoms with van der Waals surface area (Å²) in [5, 5.41) is 4.52.